The number of hydrogen-bond donors (Lipinski definition) is 2. The lowest BCUT2D eigenvalue weighted by atomic mass is 9.81. The van der Waals surface area contributed by atoms with Crippen molar-refractivity contribution in [1.82, 2.24) is 5.32 Å². The van der Waals surface area contributed by atoms with Crippen molar-refractivity contribution < 1.29 is 23.1 Å². The van der Waals surface area contributed by atoms with Gasteiger partial charge in [0.15, 0.2) is 0 Å². The van der Waals surface area contributed by atoms with Crippen LogP contribution in [-0.2, 0) is 4.79 Å². The van der Waals surface area contributed by atoms with Crippen LogP contribution in [-0.4, -0.2) is 30.3 Å². The highest BCUT2D eigenvalue weighted by molar-refractivity contribution is 5.73. The van der Waals surface area contributed by atoms with Crippen LogP contribution in [0.15, 0.2) is 0 Å². The van der Waals surface area contributed by atoms with Crippen molar-refractivity contribution in [2.75, 3.05) is 7.05 Å². The molecule has 18 heavy (non-hydrogen) atoms. The van der Waals surface area contributed by atoms with Gasteiger partial charge in [0.1, 0.15) is 0 Å². The molecule has 0 aliphatic heterocycles. The van der Waals surface area contributed by atoms with E-state index in [-0.39, 0.29) is 0 Å². The van der Waals surface area contributed by atoms with Gasteiger partial charge in [-0.05, 0) is 56.4 Å². The first-order valence-electron chi connectivity index (χ1n) is 6.28. The summed E-state index contributed by atoms with van der Waals surface area (Å²) in [5, 5.41) is 10.7. The summed E-state index contributed by atoms with van der Waals surface area (Å²) in [7, 11) is 2.16. The summed E-state index contributed by atoms with van der Waals surface area (Å²) in [4.78, 5) is 8.90. The third-order valence-corrected chi connectivity index (χ3v) is 4.76. The predicted molar refractivity (Wildman–Crippen MR) is 59.0 cm³/mol. The van der Waals surface area contributed by atoms with Crippen molar-refractivity contribution in [3.63, 3.8) is 0 Å². The average molecular weight is 265 g/mol. The summed E-state index contributed by atoms with van der Waals surface area (Å²) >= 11 is 0. The van der Waals surface area contributed by atoms with E-state index in [1.54, 1.807) is 12.8 Å². The number of aliphatic carboxylic acids is 1. The van der Waals surface area contributed by atoms with Gasteiger partial charge in [-0.1, -0.05) is 0 Å². The zero-order valence-corrected chi connectivity index (χ0v) is 10.3. The third-order valence-electron chi connectivity index (χ3n) is 4.76. The van der Waals surface area contributed by atoms with Gasteiger partial charge in [-0.25, -0.2) is 4.79 Å². The highest BCUT2D eigenvalue weighted by atomic mass is 19.4. The van der Waals surface area contributed by atoms with Crippen molar-refractivity contribution in [2.24, 2.45) is 17.3 Å². The number of nitrogens with one attached hydrogen (secondary N) is 1. The summed E-state index contributed by atoms with van der Waals surface area (Å²) in [5.41, 5.74) is 0.817. The number of carboxylic acids is 1. The van der Waals surface area contributed by atoms with Crippen LogP contribution >= 0.6 is 0 Å². The molecule has 0 aromatic heterocycles. The molecule has 0 amide bonds. The molecule has 3 nitrogen and oxygen atoms in total. The Morgan fingerprint density at radius 1 is 1.33 bits per heavy atom. The van der Waals surface area contributed by atoms with Crippen LogP contribution in [0.25, 0.3) is 0 Å². The molecule has 3 aliphatic carbocycles. The smallest absolute Gasteiger partial charge is 0.475 e. The second-order valence-electron chi connectivity index (χ2n) is 5.57. The minimum atomic E-state index is -5.08. The lowest BCUT2D eigenvalue weighted by molar-refractivity contribution is -0.192. The number of carboxylic acid groups (broad SMARTS) is 1. The van der Waals surface area contributed by atoms with Gasteiger partial charge in [-0.3, -0.25) is 0 Å². The Morgan fingerprint density at radius 2 is 1.89 bits per heavy atom. The van der Waals surface area contributed by atoms with E-state index >= 15 is 0 Å². The van der Waals surface area contributed by atoms with E-state index in [9.17, 15) is 13.2 Å². The number of carbonyl (C=O) groups is 1. The van der Waals surface area contributed by atoms with Crippen LogP contribution in [0.4, 0.5) is 13.2 Å². The van der Waals surface area contributed by atoms with Gasteiger partial charge in [0.05, 0.1) is 0 Å². The maximum atomic E-state index is 10.6. The minimum absolute atomic E-state index is 0.817. The molecular weight excluding hydrogens is 247 g/mol. The number of halogens is 3. The van der Waals surface area contributed by atoms with E-state index in [4.69, 9.17) is 9.90 Å². The molecule has 3 aliphatic rings. The van der Waals surface area contributed by atoms with E-state index in [1.165, 1.54) is 19.3 Å². The molecule has 6 heteroatoms. The zero-order chi connectivity index (χ0) is 13.6. The van der Waals surface area contributed by atoms with E-state index in [0.29, 0.717) is 0 Å². The van der Waals surface area contributed by atoms with Gasteiger partial charge < -0.3 is 10.4 Å². The highest BCUT2D eigenvalue weighted by Crippen LogP contribution is 2.68. The normalized spacial score (nSPS) is 35.2. The van der Waals surface area contributed by atoms with E-state index in [1.807, 2.05) is 0 Å². The first kappa shape index (κ1) is 13.6. The van der Waals surface area contributed by atoms with E-state index < -0.39 is 12.1 Å². The molecule has 3 fully saturated rings. The molecule has 3 atom stereocenters. The van der Waals surface area contributed by atoms with Gasteiger partial charge >= 0.3 is 12.1 Å². The standard InChI is InChI=1S/C10H17N.C2HF3O2/c1-11-9-7-2-3-8(6-7)10(9)4-5-10;3-2(4,5)1(6)7/h7-9,11H,2-6H2,1H3;(H,6,7). The van der Waals surface area contributed by atoms with Crippen molar-refractivity contribution in [3.05, 3.63) is 0 Å². The molecule has 1 spiro atoms. The maximum absolute atomic E-state index is 10.6. The SMILES string of the molecule is CNC1C2CCC(C2)C12CC2.O=C(O)C(F)(F)F. The molecule has 3 unspecified atom stereocenters. The van der Waals surface area contributed by atoms with E-state index in [0.717, 1.165) is 23.3 Å². The van der Waals surface area contributed by atoms with E-state index in [2.05, 4.69) is 12.4 Å². The summed E-state index contributed by atoms with van der Waals surface area (Å²) < 4.78 is 31.7. The summed E-state index contributed by atoms with van der Waals surface area (Å²) in [6.07, 6.45) is 2.58. The number of hydrogen-bond acceptors (Lipinski definition) is 2. The number of alkyl halides is 3. The van der Waals surface area contributed by atoms with Gasteiger partial charge in [-0.2, -0.15) is 13.2 Å². The fourth-order valence-electron chi connectivity index (χ4n) is 3.95. The van der Waals surface area contributed by atoms with Crippen molar-refractivity contribution >= 4 is 5.97 Å². The molecule has 0 aromatic carbocycles. The monoisotopic (exact) mass is 265 g/mol. The topological polar surface area (TPSA) is 49.3 Å². The second-order valence-corrected chi connectivity index (χ2v) is 5.57. The Hall–Kier alpha value is -0.780. The molecule has 3 saturated carbocycles. The van der Waals surface area contributed by atoms with Gasteiger partial charge in [-0.15, -0.1) is 0 Å². The number of fused-ring (bicyclic) bond motifs is 3. The molecule has 3 rings (SSSR count). The van der Waals surface area contributed by atoms with Gasteiger partial charge in [0.2, 0.25) is 0 Å². The fourth-order valence-corrected chi connectivity index (χ4v) is 3.95. The molecule has 0 radical (unpaired) electrons. The highest BCUT2D eigenvalue weighted by Gasteiger charge is 2.63. The largest absolute Gasteiger partial charge is 0.490 e. The van der Waals surface area contributed by atoms with Crippen LogP contribution < -0.4 is 5.32 Å². The molecule has 0 saturated heterocycles. The molecule has 104 valence electrons. The molecule has 2 N–H and O–H groups in total. The average Bonchev–Trinajstić information content (AvgIpc) is 2.80. The Morgan fingerprint density at radius 3 is 2.22 bits per heavy atom. The minimum Gasteiger partial charge on any atom is -0.475 e. The van der Waals surface area contributed by atoms with Gasteiger partial charge in [0, 0.05) is 6.04 Å². The zero-order valence-electron chi connectivity index (χ0n) is 10.3. The molecule has 2 bridgehead atoms. The molecule has 0 heterocycles. The van der Waals surface area contributed by atoms with Crippen molar-refractivity contribution in [2.45, 2.75) is 44.3 Å². The fraction of sp³-hybridized carbons (Fsp3) is 0.917. The molecule has 0 aromatic rings. The predicted octanol–water partition coefficient (Wildman–Crippen LogP) is 2.42. The Bertz CT molecular complexity index is 339. The number of rotatable bonds is 1. The van der Waals surface area contributed by atoms with Crippen molar-refractivity contribution in [1.29, 1.82) is 0 Å². The van der Waals surface area contributed by atoms with Crippen LogP contribution in [0.3, 0.4) is 0 Å². The lowest BCUT2D eigenvalue weighted by Crippen LogP contribution is -2.39. The maximum Gasteiger partial charge on any atom is 0.490 e. The van der Waals surface area contributed by atoms with Crippen LogP contribution in [0, 0.1) is 17.3 Å². The van der Waals surface area contributed by atoms with Crippen LogP contribution in [0.2, 0.25) is 0 Å². The summed E-state index contributed by atoms with van der Waals surface area (Å²) in [5.74, 6) is -0.593. The lowest BCUT2D eigenvalue weighted by Gasteiger charge is -2.30. The van der Waals surface area contributed by atoms with Gasteiger partial charge in [0.25, 0.3) is 0 Å². The Kier molecular flexibility index (Phi) is 3.34. The Balaban J connectivity index is 0.000000152. The quantitative estimate of drug-likeness (QED) is 0.765. The van der Waals surface area contributed by atoms with Crippen molar-refractivity contribution in [3.8, 4) is 0 Å². The van der Waals surface area contributed by atoms with Crippen LogP contribution in [0.1, 0.15) is 32.1 Å². The summed E-state index contributed by atoms with van der Waals surface area (Å²) in [6, 6.07) is 0.904. The van der Waals surface area contributed by atoms with Crippen LogP contribution in [0.5, 0.6) is 0 Å². The third kappa shape index (κ3) is 2.22. The first-order chi connectivity index (χ1) is 8.31. The molecular formula is C12H18F3NO2. The summed E-state index contributed by atoms with van der Waals surface area (Å²) in [6.45, 7) is 0. The Labute approximate surface area is 104 Å². The second kappa shape index (κ2) is 4.40. The first-order valence-corrected chi connectivity index (χ1v) is 6.28.